The molecule has 0 aliphatic carbocycles. The molecule has 24 heavy (non-hydrogen) atoms. The highest BCUT2D eigenvalue weighted by Crippen LogP contribution is 2.25. The largest absolute Gasteiger partial charge is 0.381 e. The lowest BCUT2D eigenvalue weighted by Crippen LogP contribution is -2.57. The Morgan fingerprint density at radius 1 is 1.21 bits per heavy atom. The SMILES string of the molecule is C[C@H](NC1(CNC(=O)[C@@H]2CCOC2)CCOCC1)c1ccccc1. The summed E-state index contributed by atoms with van der Waals surface area (Å²) in [7, 11) is 0. The van der Waals surface area contributed by atoms with Gasteiger partial charge in [-0.25, -0.2) is 0 Å². The van der Waals surface area contributed by atoms with Crippen LogP contribution in [0.4, 0.5) is 0 Å². The summed E-state index contributed by atoms with van der Waals surface area (Å²) in [6.07, 6.45) is 2.65. The summed E-state index contributed by atoms with van der Waals surface area (Å²) in [4.78, 5) is 12.3. The smallest absolute Gasteiger partial charge is 0.225 e. The molecule has 0 radical (unpaired) electrons. The first-order chi connectivity index (χ1) is 11.7. The summed E-state index contributed by atoms with van der Waals surface area (Å²) < 4.78 is 10.9. The second kappa shape index (κ2) is 8.10. The molecule has 2 saturated heterocycles. The fourth-order valence-corrected chi connectivity index (χ4v) is 3.56. The number of nitrogens with one attached hydrogen (secondary N) is 2. The number of hydrogen-bond donors (Lipinski definition) is 2. The molecule has 1 aromatic carbocycles. The first kappa shape index (κ1) is 17.4. The van der Waals surface area contributed by atoms with E-state index in [0.29, 0.717) is 19.8 Å². The number of carbonyl (C=O) groups excluding carboxylic acids is 1. The third kappa shape index (κ3) is 4.35. The van der Waals surface area contributed by atoms with E-state index in [4.69, 9.17) is 9.47 Å². The van der Waals surface area contributed by atoms with Crippen molar-refractivity contribution in [3.63, 3.8) is 0 Å². The molecule has 0 bridgehead atoms. The van der Waals surface area contributed by atoms with E-state index in [0.717, 1.165) is 32.5 Å². The van der Waals surface area contributed by atoms with Crippen LogP contribution in [-0.4, -0.2) is 44.4 Å². The van der Waals surface area contributed by atoms with E-state index in [-0.39, 0.29) is 23.4 Å². The van der Waals surface area contributed by atoms with Crippen molar-refractivity contribution in [2.45, 2.75) is 37.8 Å². The molecule has 2 atom stereocenters. The fraction of sp³-hybridized carbons (Fsp3) is 0.632. The van der Waals surface area contributed by atoms with Crippen LogP contribution in [0.2, 0.25) is 0 Å². The Morgan fingerprint density at radius 2 is 1.96 bits per heavy atom. The molecule has 2 aliphatic heterocycles. The van der Waals surface area contributed by atoms with Crippen LogP contribution in [0, 0.1) is 5.92 Å². The number of ether oxygens (including phenoxy) is 2. The van der Waals surface area contributed by atoms with Gasteiger partial charge < -0.3 is 20.1 Å². The summed E-state index contributed by atoms with van der Waals surface area (Å²) in [5.41, 5.74) is 1.15. The molecular weight excluding hydrogens is 304 g/mol. The molecule has 0 aromatic heterocycles. The van der Waals surface area contributed by atoms with Crippen molar-refractivity contribution in [1.82, 2.24) is 10.6 Å². The standard InChI is InChI=1S/C19H28N2O3/c1-15(16-5-3-2-4-6-16)21-19(8-11-23-12-9-19)14-20-18(22)17-7-10-24-13-17/h2-6,15,17,21H,7-14H2,1H3,(H,20,22)/t15-,17+/m0/s1. The predicted molar refractivity (Wildman–Crippen MR) is 92.7 cm³/mol. The molecular formula is C19H28N2O3. The van der Waals surface area contributed by atoms with Gasteiger partial charge in [0.2, 0.25) is 5.91 Å². The normalized spacial score (nSPS) is 24.5. The number of hydrogen-bond acceptors (Lipinski definition) is 4. The van der Waals surface area contributed by atoms with Crippen molar-refractivity contribution in [3.8, 4) is 0 Å². The van der Waals surface area contributed by atoms with E-state index in [9.17, 15) is 4.79 Å². The molecule has 3 rings (SSSR count). The average Bonchev–Trinajstić information content (AvgIpc) is 3.16. The molecule has 2 aliphatic rings. The summed E-state index contributed by atoms with van der Waals surface area (Å²) in [6, 6.07) is 10.7. The van der Waals surface area contributed by atoms with Crippen molar-refractivity contribution in [3.05, 3.63) is 35.9 Å². The minimum Gasteiger partial charge on any atom is -0.381 e. The lowest BCUT2D eigenvalue weighted by Gasteiger charge is -2.40. The molecule has 2 N–H and O–H groups in total. The van der Waals surface area contributed by atoms with Crippen LogP contribution in [0.1, 0.15) is 37.8 Å². The molecule has 0 unspecified atom stereocenters. The number of benzene rings is 1. The Hall–Kier alpha value is -1.43. The van der Waals surface area contributed by atoms with E-state index in [1.807, 2.05) is 6.07 Å². The van der Waals surface area contributed by atoms with Crippen LogP contribution in [0.5, 0.6) is 0 Å². The summed E-state index contributed by atoms with van der Waals surface area (Å²) in [6.45, 7) is 5.53. The highest BCUT2D eigenvalue weighted by atomic mass is 16.5. The topological polar surface area (TPSA) is 59.6 Å². The van der Waals surface area contributed by atoms with Crippen LogP contribution in [0.15, 0.2) is 30.3 Å². The number of carbonyl (C=O) groups is 1. The minimum atomic E-state index is -0.109. The zero-order chi connectivity index (χ0) is 16.8. The van der Waals surface area contributed by atoms with Gasteiger partial charge in [0, 0.05) is 37.9 Å². The average molecular weight is 332 g/mol. The van der Waals surface area contributed by atoms with Crippen LogP contribution in [-0.2, 0) is 14.3 Å². The maximum absolute atomic E-state index is 12.3. The van der Waals surface area contributed by atoms with Gasteiger partial charge in [-0.1, -0.05) is 30.3 Å². The molecule has 0 saturated carbocycles. The van der Waals surface area contributed by atoms with Gasteiger partial charge in [-0.15, -0.1) is 0 Å². The Morgan fingerprint density at radius 3 is 2.62 bits per heavy atom. The van der Waals surface area contributed by atoms with Gasteiger partial charge in [0.05, 0.1) is 12.5 Å². The fourth-order valence-electron chi connectivity index (χ4n) is 3.56. The second-order valence-corrected chi connectivity index (χ2v) is 6.95. The maximum atomic E-state index is 12.3. The van der Waals surface area contributed by atoms with E-state index in [2.05, 4.69) is 41.8 Å². The van der Waals surface area contributed by atoms with E-state index < -0.39 is 0 Å². The van der Waals surface area contributed by atoms with E-state index in [1.54, 1.807) is 0 Å². The molecule has 5 heteroatoms. The first-order valence-electron chi connectivity index (χ1n) is 8.94. The third-order valence-corrected chi connectivity index (χ3v) is 5.17. The van der Waals surface area contributed by atoms with Crippen LogP contribution < -0.4 is 10.6 Å². The highest BCUT2D eigenvalue weighted by molar-refractivity contribution is 5.79. The van der Waals surface area contributed by atoms with E-state index in [1.165, 1.54) is 5.56 Å². The molecule has 1 amide bonds. The zero-order valence-electron chi connectivity index (χ0n) is 14.4. The van der Waals surface area contributed by atoms with Crippen LogP contribution in [0.3, 0.4) is 0 Å². The number of rotatable bonds is 6. The Balaban J connectivity index is 1.62. The lowest BCUT2D eigenvalue weighted by molar-refractivity contribution is -0.125. The Bertz CT molecular complexity index is 523. The van der Waals surface area contributed by atoms with Gasteiger partial charge in [-0.2, -0.15) is 0 Å². The maximum Gasteiger partial charge on any atom is 0.225 e. The Kier molecular flexibility index (Phi) is 5.87. The molecule has 1 aromatic rings. The van der Waals surface area contributed by atoms with Crippen molar-refractivity contribution in [2.24, 2.45) is 5.92 Å². The first-order valence-corrected chi connectivity index (χ1v) is 8.94. The van der Waals surface area contributed by atoms with Crippen molar-refractivity contribution >= 4 is 5.91 Å². The highest BCUT2D eigenvalue weighted by Gasteiger charge is 2.35. The van der Waals surface area contributed by atoms with Crippen LogP contribution in [0.25, 0.3) is 0 Å². The van der Waals surface area contributed by atoms with Gasteiger partial charge >= 0.3 is 0 Å². The quantitative estimate of drug-likeness (QED) is 0.837. The molecule has 0 spiro atoms. The molecule has 5 nitrogen and oxygen atoms in total. The van der Waals surface area contributed by atoms with Gasteiger partial charge in [0.15, 0.2) is 0 Å². The third-order valence-electron chi connectivity index (χ3n) is 5.17. The van der Waals surface area contributed by atoms with Crippen molar-refractivity contribution in [2.75, 3.05) is 33.0 Å². The summed E-state index contributed by atoms with van der Waals surface area (Å²) in [5, 5.41) is 6.92. The van der Waals surface area contributed by atoms with Gasteiger partial charge in [0.1, 0.15) is 0 Å². The zero-order valence-corrected chi connectivity index (χ0v) is 14.4. The molecule has 2 heterocycles. The summed E-state index contributed by atoms with van der Waals surface area (Å²) >= 11 is 0. The second-order valence-electron chi connectivity index (χ2n) is 6.95. The van der Waals surface area contributed by atoms with Gasteiger partial charge in [-0.05, 0) is 31.7 Å². The monoisotopic (exact) mass is 332 g/mol. The summed E-state index contributed by atoms with van der Waals surface area (Å²) in [5.74, 6) is 0.126. The number of amides is 1. The minimum absolute atomic E-state index is 0.00781. The van der Waals surface area contributed by atoms with Gasteiger partial charge in [0.25, 0.3) is 0 Å². The van der Waals surface area contributed by atoms with Crippen molar-refractivity contribution in [1.29, 1.82) is 0 Å². The van der Waals surface area contributed by atoms with Crippen molar-refractivity contribution < 1.29 is 14.3 Å². The van der Waals surface area contributed by atoms with Crippen LogP contribution >= 0.6 is 0 Å². The Labute approximate surface area is 144 Å². The predicted octanol–water partition coefficient (Wildman–Crippen LogP) is 2.04. The lowest BCUT2D eigenvalue weighted by atomic mass is 9.88. The molecule has 2 fully saturated rings. The van der Waals surface area contributed by atoms with Gasteiger partial charge in [-0.3, -0.25) is 4.79 Å². The van der Waals surface area contributed by atoms with E-state index >= 15 is 0 Å². The molecule has 132 valence electrons.